The third-order valence-corrected chi connectivity index (χ3v) is 0.795. The highest BCUT2D eigenvalue weighted by atomic mass is 35.5. The number of rotatable bonds is 3. The average molecular weight is 156 g/mol. The van der Waals surface area contributed by atoms with E-state index in [0.29, 0.717) is 6.54 Å². The third-order valence-electron chi connectivity index (χ3n) is 0.795. The highest BCUT2D eigenvalue weighted by Crippen LogP contribution is 2.04. The van der Waals surface area contributed by atoms with Gasteiger partial charge in [0.15, 0.2) is 0 Å². The maximum Gasteiger partial charge on any atom is 0.117 e. The molecule has 58 valence electrons. The molecule has 0 radical (unpaired) electrons. The van der Waals surface area contributed by atoms with E-state index in [4.69, 9.17) is 0 Å². The molecule has 9 heavy (non-hydrogen) atoms. The zero-order valence-corrected chi connectivity index (χ0v) is 7.02. The highest BCUT2D eigenvalue weighted by molar-refractivity contribution is 5.85. The topological polar surface area (TPSA) is 12.0 Å². The van der Waals surface area contributed by atoms with Crippen LogP contribution in [0.5, 0.6) is 0 Å². The van der Waals surface area contributed by atoms with Crippen LogP contribution in [0.3, 0.4) is 0 Å². The summed E-state index contributed by atoms with van der Waals surface area (Å²) < 4.78 is 12.5. The Labute approximate surface area is 62.4 Å². The normalized spacial score (nSPS) is 10.7. The van der Waals surface area contributed by atoms with E-state index in [1.54, 1.807) is 13.8 Å². The SMILES string of the molecule is CCNCC(C)(C)F.Cl. The van der Waals surface area contributed by atoms with Gasteiger partial charge in [-0.05, 0) is 20.4 Å². The lowest BCUT2D eigenvalue weighted by atomic mass is 10.2. The van der Waals surface area contributed by atoms with E-state index in [1.165, 1.54) is 0 Å². The van der Waals surface area contributed by atoms with Gasteiger partial charge in [0.1, 0.15) is 5.67 Å². The molecule has 1 N–H and O–H groups in total. The van der Waals surface area contributed by atoms with Crippen molar-refractivity contribution in [2.75, 3.05) is 13.1 Å². The molecule has 0 aromatic carbocycles. The molecule has 0 aliphatic rings. The summed E-state index contributed by atoms with van der Waals surface area (Å²) in [6.45, 7) is 6.38. The van der Waals surface area contributed by atoms with Gasteiger partial charge in [0.2, 0.25) is 0 Å². The molecule has 3 heteroatoms. The molecule has 0 amide bonds. The molecular weight excluding hydrogens is 141 g/mol. The Morgan fingerprint density at radius 1 is 1.44 bits per heavy atom. The van der Waals surface area contributed by atoms with Gasteiger partial charge in [-0.3, -0.25) is 0 Å². The minimum Gasteiger partial charge on any atom is -0.314 e. The van der Waals surface area contributed by atoms with E-state index >= 15 is 0 Å². The molecule has 0 saturated carbocycles. The fraction of sp³-hybridized carbons (Fsp3) is 1.00. The van der Waals surface area contributed by atoms with Crippen molar-refractivity contribution in [3.05, 3.63) is 0 Å². The fourth-order valence-electron chi connectivity index (χ4n) is 0.422. The second-order valence-corrected chi connectivity index (χ2v) is 2.50. The van der Waals surface area contributed by atoms with Crippen molar-refractivity contribution in [2.45, 2.75) is 26.4 Å². The smallest absolute Gasteiger partial charge is 0.117 e. The van der Waals surface area contributed by atoms with Crippen molar-refractivity contribution in [1.82, 2.24) is 5.32 Å². The summed E-state index contributed by atoms with van der Waals surface area (Å²) in [4.78, 5) is 0. The summed E-state index contributed by atoms with van der Waals surface area (Å²) in [5.41, 5.74) is -1.06. The monoisotopic (exact) mass is 155 g/mol. The van der Waals surface area contributed by atoms with Gasteiger partial charge in [-0.25, -0.2) is 4.39 Å². The van der Waals surface area contributed by atoms with Crippen LogP contribution in [0.1, 0.15) is 20.8 Å². The van der Waals surface area contributed by atoms with Gasteiger partial charge in [0.05, 0.1) is 0 Å². The summed E-state index contributed by atoms with van der Waals surface area (Å²) in [6.07, 6.45) is 0. The Morgan fingerprint density at radius 2 is 1.89 bits per heavy atom. The largest absolute Gasteiger partial charge is 0.314 e. The first-order valence-corrected chi connectivity index (χ1v) is 2.96. The number of halogens is 2. The van der Waals surface area contributed by atoms with Crippen LogP contribution >= 0.6 is 12.4 Å². The minimum atomic E-state index is -1.06. The number of alkyl halides is 1. The summed E-state index contributed by atoms with van der Waals surface area (Å²) >= 11 is 0. The van der Waals surface area contributed by atoms with E-state index in [1.807, 2.05) is 6.92 Å². The summed E-state index contributed by atoms with van der Waals surface area (Å²) in [6, 6.07) is 0. The fourth-order valence-corrected chi connectivity index (χ4v) is 0.422. The Bertz CT molecular complexity index is 60.6. The van der Waals surface area contributed by atoms with Crippen LogP contribution in [0, 0.1) is 0 Å². The summed E-state index contributed by atoms with van der Waals surface area (Å²) in [5.74, 6) is 0. The zero-order valence-electron chi connectivity index (χ0n) is 6.20. The van der Waals surface area contributed by atoms with Crippen molar-refractivity contribution in [3.63, 3.8) is 0 Å². The van der Waals surface area contributed by atoms with Crippen molar-refractivity contribution in [2.24, 2.45) is 0 Å². The van der Waals surface area contributed by atoms with Crippen molar-refractivity contribution >= 4 is 12.4 Å². The molecule has 0 saturated heterocycles. The van der Waals surface area contributed by atoms with Gasteiger partial charge >= 0.3 is 0 Å². The van der Waals surface area contributed by atoms with Gasteiger partial charge in [0.25, 0.3) is 0 Å². The number of nitrogens with one attached hydrogen (secondary N) is 1. The molecule has 0 aromatic heterocycles. The third kappa shape index (κ3) is 11.6. The van der Waals surface area contributed by atoms with Crippen LogP contribution < -0.4 is 5.32 Å². The van der Waals surface area contributed by atoms with Gasteiger partial charge in [-0.1, -0.05) is 6.92 Å². The van der Waals surface area contributed by atoms with Crippen LogP contribution in [-0.4, -0.2) is 18.8 Å². The molecule has 0 aromatic rings. The van der Waals surface area contributed by atoms with Crippen molar-refractivity contribution in [3.8, 4) is 0 Å². The quantitative estimate of drug-likeness (QED) is 0.655. The Hall–Kier alpha value is 0.180. The molecule has 0 spiro atoms. The lowest BCUT2D eigenvalue weighted by Crippen LogP contribution is -2.30. The van der Waals surface area contributed by atoms with Crippen LogP contribution in [-0.2, 0) is 0 Å². The molecule has 0 heterocycles. The highest BCUT2D eigenvalue weighted by Gasteiger charge is 2.12. The first-order chi connectivity index (χ1) is 3.56. The average Bonchev–Trinajstić information content (AvgIpc) is 1.59. The van der Waals surface area contributed by atoms with E-state index in [0.717, 1.165) is 6.54 Å². The second-order valence-electron chi connectivity index (χ2n) is 2.50. The van der Waals surface area contributed by atoms with Crippen molar-refractivity contribution < 1.29 is 4.39 Å². The zero-order chi connectivity index (χ0) is 6.62. The number of hydrogen-bond acceptors (Lipinski definition) is 1. The molecule has 0 rings (SSSR count). The first kappa shape index (κ1) is 11.9. The first-order valence-electron chi connectivity index (χ1n) is 2.96. The molecule has 0 bridgehead atoms. The molecule has 0 aliphatic heterocycles. The van der Waals surface area contributed by atoms with E-state index in [-0.39, 0.29) is 12.4 Å². The van der Waals surface area contributed by atoms with E-state index in [2.05, 4.69) is 5.32 Å². The van der Waals surface area contributed by atoms with Gasteiger partial charge in [-0.15, -0.1) is 12.4 Å². The Balaban J connectivity index is 0. The van der Waals surface area contributed by atoms with Crippen LogP contribution in [0.15, 0.2) is 0 Å². The predicted molar refractivity (Wildman–Crippen MR) is 41.0 cm³/mol. The Kier molecular flexibility index (Phi) is 6.62. The van der Waals surface area contributed by atoms with E-state index < -0.39 is 5.67 Å². The summed E-state index contributed by atoms with van der Waals surface area (Å²) in [5, 5.41) is 2.91. The van der Waals surface area contributed by atoms with Crippen LogP contribution in [0.25, 0.3) is 0 Å². The van der Waals surface area contributed by atoms with Crippen LogP contribution in [0.4, 0.5) is 4.39 Å². The lowest BCUT2D eigenvalue weighted by molar-refractivity contribution is 0.212. The maximum atomic E-state index is 12.5. The minimum absolute atomic E-state index is 0. The molecular formula is C6H15ClFN. The molecule has 0 aliphatic carbocycles. The summed E-state index contributed by atoms with van der Waals surface area (Å²) in [7, 11) is 0. The van der Waals surface area contributed by atoms with Gasteiger partial charge < -0.3 is 5.32 Å². The molecule has 1 nitrogen and oxygen atoms in total. The van der Waals surface area contributed by atoms with Crippen LogP contribution in [0.2, 0.25) is 0 Å². The predicted octanol–water partition coefficient (Wildman–Crippen LogP) is 1.77. The molecule has 0 fully saturated rings. The standard InChI is InChI=1S/C6H14FN.ClH/c1-4-8-5-6(2,3)7;/h8H,4-5H2,1-3H3;1H. The maximum absolute atomic E-state index is 12.5. The second kappa shape index (κ2) is 5.00. The molecule has 0 unspecified atom stereocenters. The molecule has 0 atom stereocenters. The lowest BCUT2D eigenvalue weighted by Gasteiger charge is -2.12. The van der Waals surface area contributed by atoms with E-state index in [9.17, 15) is 4.39 Å². The number of hydrogen-bond donors (Lipinski definition) is 1. The van der Waals surface area contributed by atoms with Gasteiger partial charge in [0, 0.05) is 6.54 Å². The van der Waals surface area contributed by atoms with Gasteiger partial charge in [-0.2, -0.15) is 0 Å². The Morgan fingerprint density at radius 3 is 2.00 bits per heavy atom. The van der Waals surface area contributed by atoms with Crippen molar-refractivity contribution in [1.29, 1.82) is 0 Å².